The Labute approximate surface area is 357 Å². The molecule has 1 aromatic carbocycles. The molecule has 2 heterocycles. The van der Waals surface area contributed by atoms with E-state index in [2.05, 4.69) is 15.6 Å². The average Bonchev–Trinajstić information content (AvgIpc) is 3.69. The lowest BCUT2D eigenvalue weighted by atomic mass is 9.92. The summed E-state index contributed by atoms with van der Waals surface area (Å²) in [5.41, 5.74) is 2.06. The number of nitrogens with one attached hydrogen (secondary N) is 2. The van der Waals surface area contributed by atoms with Crippen LogP contribution in [0.1, 0.15) is 113 Å². The van der Waals surface area contributed by atoms with Gasteiger partial charge in [-0.3, -0.25) is 28.9 Å². The van der Waals surface area contributed by atoms with E-state index in [1.165, 1.54) is 24.0 Å². The smallest absolute Gasteiger partial charge is 0.332 e. The number of piperidine rings is 1. The maximum atomic E-state index is 14.8. The van der Waals surface area contributed by atoms with Gasteiger partial charge in [-0.05, 0) is 63.6 Å². The third-order valence-electron chi connectivity index (χ3n) is 10.8. The number of carbonyl (C=O) groups is 6. The van der Waals surface area contributed by atoms with Gasteiger partial charge in [-0.1, -0.05) is 83.4 Å². The number of thiazole rings is 1. The number of carboxylic acid groups (broad SMARTS) is 1. The van der Waals surface area contributed by atoms with Crippen molar-refractivity contribution < 1.29 is 43.3 Å². The quantitative estimate of drug-likeness (QED) is 0.0541. The van der Waals surface area contributed by atoms with Crippen LogP contribution in [0.15, 0.2) is 41.8 Å². The van der Waals surface area contributed by atoms with Gasteiger partial charge < -0.3 is 30.1 Å². The Morgan fingerprint density at radius 1 is 1.07 bits per heavy atom. The van der Waals surface area contributed by atoms with Gasteiger partial charge in [0.15, 0.2) is 12.8 Å². The number of aryl methyl sites for hydroxylation is 1. The largest absolute Gasteiger partial charge is 0.481 e. The van der Waals surface area contributed by atoms with Gasteiger partial charge >= 0.3 is 17.9 Å². The Morgan fingerprint density at radius 2 is 1.76 bits per heavy atom. The van der Waals surface area contributed by atoms with Gasteiger partial charge in [0, 0.05) is 42.8 Å². The van der Waals surface area contributed by atoms with Crippen molar-refractivity contribution >= 4 is 58.6 Å². The number of carboxylic acids is 1. The summed E-state index contributed by atoms with van der Waals surface area (Å²) in [7, 11) is 1.89. The Kier molecular flexibility index (Phi) is 20.0. The predicted octanol–water partition coefficient (Wildman–Crippen LogP) is 6.06. The second kappa shape index (κ2) is 24.0. The highest BCUT2D eigenvalue weighted by atomic mass is 35.5. The molecule has 14 nitrogen and oxygen atoms in total. The van der Waals surface area contributed by atoms with E-state index >= 15 is 0 Å². The third-order valence-corrected chi connectivity index (χ3v) is 11.9. The number of amides is 3. The molecule has 3 rings (SSSR count). The van der Waals surface area contributed by atoms with Gasteiger partial charge in [-0.2, -0.15) is 0 Å². The summed E-state index contributed by atoms with van der Waals surface area (Å²) in [4.78, 5) is 87.2. The van der Waals surface area contributed by atoms with Crippen molar-refractivity contribution in [2.45, 2.75) is 124 Å². The van der Waals surface area contributed by atoms with Gasteiger partial charge in [0.25, 0.3) is 5.91 Å². The number of aromatic nitrogens is 1. The maximum absolute atomic E-state index is 14.8. The number of carbonyl (C=O) groups excluding carboxylic acids is 5. The van der Waals surface area contributed by atoms with Crippen LogP contribution in [0.4, 0.5) is 0 Å². The fourth-order valence-electron chi connectivity index (χ4n) is 7.07. The van der Waals surface area contributed by atoms with Crippen LogP contribution in [0, 0.1) is 24.7 Å². The molecule has 3 N–H and O–H groups in total. The summed E-state index contributed by atoms with van der Waals surface area (Å²) < 4.78 is 11.4. The number of benzene rings is 1. The fourth-order valence-corrected chi connectivity index (χ4v) is 8.00. The van der Waals surface area contributed by atoms with E-state index in [-0.39, 0.29) is 48.2 Å². The van der Waals surface area contributed by atoms with E-state index in [0.717, 1.165) is 41.9 Å². The molecule has 3 amide bonds. The molecule has 0 saturated carbocycles. The molecule has 0 bridgehead atoms. The standard InChI is InChI=1S/C43H62ClN5O9S/c1-9-28(5)38(47-40(53)34-13-10-11-20-48(34)8)42(54)49(25-57-37(51)14-12-19-44)35(26(2)3)23-36(58-30(7)50)41-46-33(24-59-41)39(52)45-32(21-29(6)43(55)56)22-31-17-15-27(4)16-18-31/h12,14-18,24,26,28-29,32,34-36,38H,9-11,13,19-23,25H2,1-8H3,(H,45,52)(H,47,53)(H,55,56)/b14-12+/t28?,29-,32+,34+,35+,36+,38-/m0/s1. The van der Waals surface area contributed by atoms with Crippen molar-refractivity contribution in [3.8, 4) is 0 Å². The zero-order chi connectivity index (χ0) is 43.8. The second-order valence-electron chi connectivity index (χ2n) is 15.9. The van der Waals surface area contributed by atoms with E-state index in [1.54, 1.807) is 12.3 Å². The molecule has 1 unspecified atom stereocenters. The van der Waals surface area contributed by atoms with Crippen molar-refractivity contribution in [2.75, 3.05) is 26.2 Å². The minimum absolute atomic E-state index is 0.0192. The molecular formula is C43H62ClN5O9S. The zero-order valence-corrected chi connectivity index (χ0v) is 37.1. The number of allylic oxidation sites excluding steroid dienone is 1. The van der Waals surface area contributed by atoms with Crippen molar-refractivity contribution in [3.05, 3.63) is 63.6 Å². The molecule has 1 aliphatic heterocycles. The molecule has 1 aliphatic rings. The lowest BCUT2D eigenvalue weighted by molar-refractivity contribution is -0.157. The maximum Gasteiger partial charge on any atom is 0.332 e. The van der Waals surface area contributed by atoms with Crippen LogP contribution in [0.25, 0.3) is 0 Å². The minimum Gasteiger partial charge on any atom is -0.481 e. The summed E-state index contributed by atoms with van der Waals surface area (Å²) >= 11 is 6.85. The first-order valence-corrected chi connectivity index (χ1v) is 21.8. The van der Waals surface area contributed by atoms with E-state index in [4.69, 9.17) is 21.1 Å². The third kappa shape index (κ3) is 15.3. The SMILES string of the molecule is CCC(C)[C@H](NC(=O)[C@H]1CCCCN1C)C(=O)N(COC(=O)/C=C/CCl)[C@H](C[C@@H](OC(C)=O)c1nc(C(=O)N[C@@H](Cc2ccc(C)cc2)C[C@H](C)C(=O)O)cs1)C(C)C. The number of likely N-dealkylation sites (N-methyl/N-ethyl adjacent to an activating group) is 1. The number of hydrogen-bond donors (Lipinski definition) is 3. The molecule has 326 valence electrons. The molecule has 1 fully saturated rings. The topological polar surface area (TPSA) is 185 Å². The summed E-state index contributed by atoms with van der Waals surface area (Å²) in [6, 6.07) is 5.21. The number of halogens is 1. The molecule has 0 aliphatic carbocycles. The molecule has 1 aromatic heterocycles. The van der Waals surface area contributed by atoms with E-state index in [9.17, 15) is 33.9 Å². The monoisotopic (exact) mass is 859 g/mol. The number of rotatable bonds is 22. The highest BCUT2D eigenvalue weighted by Crippen LogP contribution is 2.32. The van der Waals surface area contributed by atoms with Crippen LogP contribution in [-0.2, 0) is 39.9 Å². The molecule has 2 aromatic rings. The molecular weight excluding hydrogens is 798 g/mol. The lowest BCUT2D eigenvalue weighted by Crippen LogP contribution is -2.59. The van der Waals surface area contributed by atoms with Crippen molar-refractivity contribution in [1.29, 1.82) is 0 Å². The highest BCUT2D eigenvalue weighted by Gasteiger charge is 2.39. The van der Waals surface area contributed by atoms with Crippen LogP contribution >= 0.6 is 22.9 Å². The van der Waals surface area contributed by atoms with Gasteiger partial charge in [-0.15, -0.1) is 22.9 Å². The van der Waals surface area contributed by atoms with Gasteiger partial charge in [0.1, 0.15) is 16.7 Å². The average molecular weight is 861 g/mol. The Morgan fingerprint density at radius 3 is 2.36 bits per heavy atom. The van der Waals surface area contributed by atoms with Crippen LogP contribution < -0.4 is 10.6 Å². The van der Waals surface area contributed by atoms with Crippen LogP contribution in [0.2, 0.25) is 0 Å². The molecule has 16 heteroatoms. The normalized spacial score (nSPS) is 17.6. The number of aliphatic carboxylic acids is 1. The van der Waals surface area contributed by atoms with Crippen molar-refractivity contribution in [2.24, 2.45) is 17.8 Å². The summed E-state index contributed by atoms with van der Waals surface area (Å²) in [6.45, 7) is 12.7. The summed E-state index contributed by atoms with van der Waals surface area (Å²) in [6.07, 6.45) is 5.29. The van der Waals surface area contributed by atoms with E-state index in [0.29, 0.717) is 24.3 Å². The van der Waals surface area contributed by atoms with Crippen LogP contribution in [-0.4, -0.2) is 106 Å². The molecule has 0 spiro atoms. The molecule has 7 atom stereocenters. The number of nitrogens with zero attached hydrogens (tertiary/aromatic N) is 3. The first-order chi connectivity index (χ1) is 27.9. The molecule has 0 radical (unpaired) electrons. The number of hydrogen-bond acceptors (Lipinski definition) is 11. The van der Waals surface area contributed by atoms with E-state index < -0.39 is 66.6 Å². The number of esters is 2. The number of alkyl halides is 1. The second-order valence-corrected chi connectivity index (χ2v) is 17.1. The Balaban J connectivity index is 1.96. The van der Waals surface area contributed by atoms with Crippen LogP contribution in [0.3, 0.4) is 0 Å². The van der Waals surface area contributed by atoms with Gasteiger partial charge in [-0.25, -0.2) is 9.78 Å². The first-order valence-electron chi connectivity index (χ1n) is 20.4. The zero-order valence-electron chi connectivity index (χ0n) is 35.6. The number of ether oxygens (including phenoxy) is 2. The molecule has 1 saturated heterocycles. The fraction of sp³-hybridized carbons (Fsp3) is 0.605. The minimum atomic E-state index is -1.02. The van der Waals surface area contributed by atoms with Gasteiger partial charge in [0.2, 0.25) is 11.8 Å². The highest BCUT2D eigenvalue weighted by molar-refractivity contribution is 7.09. The Bertz CT molecular complexity index is 1750. The van der Waals surface area contributed by atoms with Gasteiger partial charge in [0.05, 0.1) is 12.0 Å². The predicted molar refractivity (Wildman–Crippen MR) is 227 cm³/mol. The number of likely N-dealkylation sites (tertiary alicyclic amines) is 1. The summed E-state index contributed by atoms with van der Waals surface area (Å²) in [5.74, 6) is -4.76. The summed E-state index contributed by atoms with van der Waals surface area (Å²) in [5, 5.41) is 17.5. The lowest BCUT2D eigenvalue weighted by Gasteiger charge is -2.39. The van der Waals surface area contributed by atoms with Crippen LogP contribution in [0.5, 0.6) is 0 Å². The Hall–Kier alpha value is -4.34. The molecule has 59 heavy (non-hydrogen) atoms. The first kappa shape index (κ1) is 49.0. The van der Waals surface area contributed by atoms with E-state index in [1.807, 2.05) is 70.8 Å². The van der Waals surface area contributed by atoms with Crippen molar-refractivity contribution in [3.63, 3.8) is 0 Å². The van der Waals surface area contributed by atoms with Crippen molar-refractivity contribution in [1.82, 2.24) is 25.4 Å².